The molecule has 3 amide bonds. The maximum absolute atomic E-state index is 13.3. The minimum atomic E-state index is -4.26. The summed E-state index contributed by atoms with van der Waals surface area (Å²) in [5, 5.41) is 0. The lowest BCUT2D eigenvalue weighted by Crippen LogP contribution is -2.58. The molecule has 0 saturated heterocycles. The standard InChI is InChI=1S/C22H35F3N2O3/c1-13(2)18(28)27(17-11-9-16(10-12-17)22(23,24)25)15(5)19(29)26(14(3)4)20(30)21(6,7)8/h14-17H,1,9-12H2,2-8H3. The second-order valence-corrected chi connectivity index (χ2v) is 9.57. The molecular formula is C22H35F3N2O3. The topological polar surface area (TPSA) is 57.7 Å². The molecule has 5 nitrogen and oxygen atoms in total. The molecule has 172 valence electrons. The number of hydrogen-bond acceptors (Lipinski definition) is 3. The van der Waals surface area contributed by atoms with Gasteiger partial charge in [-0.25, -0.2) is 0 Å². The first-order valence-corrected chi connectivity index (χ1v) is 10.4. The lowest BCUT2D eigenvalue weighted by molar-refractivity contribution is -0.185. The van der Waals surface area contributed by atoms with Crippen molar-refractivity contribution in [1.82, 2.24) is 9.80 Å². The molecule has 0 heterocycles. The maximum Gasteiger partial charge on any atom is 0.391 e. The highest BCUT2D eigenvalue weighted by molar-refractivity contribution is 6.02. The maximum atomic E-state index is 13.3. The van der Waals surface area contributed by atoms with Crippen LogP contribution in [0.25, 0.3) is 0 Å². The number of carbonyl (C=O) groups excluding carboxylic acids is 3. The number of nitrogens with zero attached hydrogens (tertiary/aromatic N) is 2. The molecule has 0 aromatic heterocycles. The van der Waals surface area contributed by atoms with Crippen LogP contribution in [0.3, 0.4) is 0 Å². The highest BCUT2D eigenvalue weighted by Gasteiger charge is 2.45. The van der Waals surface area contributed by atoms with Crippen LogP contribution in [0.1, 0.15) is 74.1 Å². The largest absolute Gasteiger partial charge is 0.391 e. The highest BCUT2D eigenvalue weighted by Crippen LogP contribution is 2.39. The van der Waals surface area contributed by atoms with Crippen LogP contribution in [-0.2, 0) is 14.4 Å². The molecule has 0 bridgehead atoms. The van der Waals surface area contributed by atoms with Crippen molar-refractivity contribution in [3.63, 3.8) is 0 Å². The summed E-state index contributed by atoms with van der Waals surface area (Å²) in [5.74, 6) is -2.76. The third-order valence-electron chi connectivity index (χ3n) is 5.54. The first-order chi connectivity index (χ1) is 13.5. The van der Waals surface area contributed by atoms with Gasteiger partial charge in [0.1, 0.15) is 6.04 Å². The number of imide groups is 1. The predicted molar refractivity (Wildman–Crippen MR) is 109 cm³/mol. The lowest BCUT2D eigenvalue weighted by atomic mass is 9.84. The molecule has 30 heavy (non-hydrogen) atoms. The SMILES string of the molecule is C=C(C)C(=O)N(C1CCC(C(F)(F)F)CC1)C(C)C(=O)N(C(=O)C(C)(C)C)C(C)C. The number of carbonyl (C=O) groups is 3. The Morgan fingerprint density at radius 2 is 1.43 bits per heavy atom. The molecule has 0 aromatic carbocycles. The Balaban J connectivity index is 3.19. The van der Waals surface area contributed by atoms with Crippen molar-refractivity contribution >= 4 is 17.7 Å². The number of rotatable bonds is 5. The zero-order chi connectivity index (χ0) is 23.6. The molecule has 1 aliphatic carbocycles. The van der Waals surface area contributed by atoms with Crippen LogP contribution in [0, 0.1) is 11.3 Å². The van der Waals surface area contributed by atoms with Crippen molar-refractivity contribution in [1.29, 1.82) is 0 Å². The van der Waals surface area contributed by atoms with E-state index in [4.69, 9.17) is 0 Å². The van der Waals surface area contributed by atoms with Crippen LogP contribution in [-0.4, -0.2) is 51.8 Å². The van der Waals surface area contributed by atoms with Crippen molar-refractivity contribution < 1.29 is 27.6 Å². The van der Waals surface area contributed by atoms with Crippen molar-refractivity contribution in [2.24, 2.45) is 11.3 Å². The third-order valence-corrected chi connectivity index (χ3v) is 5.54. The molecule has 1 saturated carbocycles. The quantitative estimate of drug-likeness (QED) is 0.591. The van der Waals surface area contributed by atoms with Crippen molar-refractivity contribution in [2.45, 2.75) is 98.5 Å². The number of hydrogen-bond donors (Lipinski definition) is 0. The molecule has 1 fully saturated rings. The van der Waals surface area contributed by atoms with E-state index < -0.39 is 47.4 Å². The second-order valence-electron chi connectivity index (χ2n) is 9.57. The highest BCUT2D eigenvalue weighted by atomic mass is 19.4. The van der Waals surface area contributed by atoms with E-state index in [1.54, 1.807) is 34.6 Å². The van der Waals surface area contributed by atoms with Crippen molar-refractivity contribution in [3.05, 3.63) is 12.2 Å². The van der Waals surface area contributed by atoms with E-state index in [2.05, 4.69) is 6.58 Å². The van der Waals surface area contributed by atoms with Gasteiger partial charge in [0, 0.05) is 23.1 Å². The van der Waals surface area contributed by atoms with E-state index >= 15 is 0 Å². The van der Waals surface area contributed by atoms with Gasteiger partial charge < -0.3 is 4.90 Å². The van der Waals surface area contributed by atoms with Gasteiger partial charge in [-0.15, -0.1) is 0 Å². The summed E-state index contributed by atoms with van der Waals surface area (Å²) in [5.41, 5.74) is -0.598. The minimum Gasteiger partial charge on any atom is -0.324 e. The molecule has 1 rings (SSSR count). The fourth-order valence-corrected chi connectivity index (χ4v) is 3.83. The van der Waals surface area contributed by atoms with Crippen molar-refractivity contribution in [2.75, 3.05) is 0 Å². The third kappa shape index (κ3) is 6.08. The molecule has 1 atom stereocenters. The van der Waals surface area contributed by atoms with Crippen LogP contribution in [0.5, 0.6) is 0 Å². The monoisotopic (exact) mass is 432 g/mol. The molecule has 1 aliphatic rings. The summed E-state index contributed by atoms with van der Waals surface area (Å²) < 4.78 is 39.1. The average Bonchev–Trinajstić information content (AvgIpc) is 2.60. The summed E-state index contributed by atoms with van der Waals surface area (Å²) in [6.45, 7) is 15.2. The van der Waals surface area contributed by atoms with Gasteiger partial charge in [-0.1, -0.05) is 27.4 Å². The molecule has 8 heteroatoms. The fourth-order valence-electron chi connectivity index (χ4n) is 3.83. The normalized spacial score (nSPS) is 21.2. The Bertz CT molecular complexity index is 672. The van der Waals surface area contributed by atoms with E-state index in [0.717, 1.165) is 4.90 Å². The Morgan fingerprint density at radius 1 is 0.967 bits per heavy atom. The van der Waals surface area contributed by atoms with Crippen LogP contribution in [0.15, 0.2) is 12.2 Å². The summed E-state index contributed by atoms with van der Waals surface area (Å²) in [4.78, 5) is 41.5. The molecule has 1 unspecified atom stereocenters. The number of halogens is 3. The van der Waals surface area contributed by atoms with E-state index in [9.17, 15) is 27.6 Å². The summed E-state index contributed by atoms with van der Waals surface area (Å²) in [6, 6.07) is -1.92. The van der Waals surface area contributed by atoms with Gasteiger partial charge in [0.15, 0.2) is 0 Å². The molecule has 0 N–H and O–H groups in total. The predicted octanol–water partition coefficient (Wildman–Crippen LogP) is 4.71. The Labute approximate surface area is 177 Å². The summed E-state index contributed by atoms with van der Waals surface area (Å²) in [7, 11) is 0. The van der Waals surface area contributed by atoms with Gasteiger partial charge in [-0.05, 0) is 53.4 Å². The van der Waals surface area contributed by atoms with Crippen LogP contribution < -0.4 is 0 Å². The lowest BCUT2D eigenvalue weighted by Gasteiger charge is -2.42. The molecule has 0 spiro atoms. The van der Waals surface area contributed by atoms with E-state index in [1.165, 1.54) is 18.7 Å². The fraction of sp³-hybridized carbons (Fsp3) is 0.773. The Morgan fingerprint density at radius 3 is 1.77 bits per heavy atom. The van der Waals surface area contributed by atoms with Crippen LogP contribution in [0.4, 0.5) is 13.2 Å². The molecule has 0 radical (unpaired) electrons. The van der Waals surface area contributed by atoms with E-state index in [-0.39, 0.29) is 37.2 Å². The number of amides is 3. The first-order valence-electron chi connectivity index (χ1n) is 10.4. The molecule has 0 aliphatic heterocycles. The van der Waals surface area contributed by atoms with Crippen LogP contribution >= 0.6 is 0 Å². The van der Waals surface area contributed by atoms with E-state index in [0.29, 0.717) is 0 Å². The van der Waals surface area contributed by atoms with Gasteiger partial charge in [-0.3, -0.25) is 19.3 Å². The zero-order valence-corrected chi connectivity index (χ0v) is 19.1. The van der Waals surface area contributed by atoms with Gasteiger partial charge in [0.05, 0.1) is 5.92 Å². The smallest absolute Gasteiger partial charge is 0.324 e. The Kier molecular flexibility index (Phi) is 8.30. The number of alkyl halides is 3. The van der Waals surface area contributed by atoms with Crippen molar-refractivity contribution in [3.8, 4) is 0 Å². The zero-order valence-electron chi connectivity index (χ0n) is 19.1. The summed E-state index contributed by atoms with van der Waals surface area (Å²) >= 11 is 0. The first kappa shape index (κ1) is 26.2. The second kappa shape index (κ2) is 9.52. The minimum absolute atomic E-state index is 0.0934. The molecular weight excluding hydrogens is 397 g/mol. The molecule has 0 aromatic rings. The average molecular weight is 433 g/mol. The van der Waals surface area contributed by atoms with Gasteiger partial charge in [0.2, 0.25) is 11.8 Å². The van der Waals surface area contributed by atoms with Gasteiger partial charge >= 0.3 is 6.18 Å². The van der Waals surface area contributed by atoms with E-state index in [1.807, 2.05) is 0 Å². The summed E-state index contributed by atoms with van der Waals surface area (Å²) in [6.07, 6.45) is -4.15. The van der Waals surface area contributed by atoms with Gasteiger partial charge in [0.25, 0.3) is 5.91 Å². The van der Waals surface area contributed by atoms with Gasteiger partial charge in [-0.2, -0.15) is 13.2 Å². The Hall–Kier alpha value is -1.86. The van der Waals surface area contributed by atoms with Crippen LogP contribution in [0.2, 0.25) is 0 Å².